The fourth-order valence-electron chi connectivity index (χ4n) is 1.81. The van der Waals surface area contributed by atoms with Gasteiger partial charge in [0.1, 0.15) is 0 Å². The fraction of sp³-hybridized carbons (Fsp3) is 0.231. The van der Waals surface area contributed by atoms with Gasteiger partial charge in [-0.05, 0) is 47.1 Å². The standard InChI is InChI=1S/C13H15BrN4O/c1-8-12(14)11(18(2)17-8)7-16-10-5-3-9(4-6-10)13(15)19/h3-6,16H,7H2,1-2H3,(H2,15,19). The van der Waals surface area contributed by atoms with E-state index in [1.165, 1.54) is 0 Å². The zero-order valence-electron chi connectivity index (χ0n) is 10.8. The number of aryl methyl sites for hydroxylation is 2. The summed E-state index contributed by atoms with van der Waals surface area (Å²) in [5.41, 5.74) is 8.65. The van der Waals surface area contributed by atoms with E-state index in [2.05, 4.69) is 26.3 Å². The van der Waals surface area contributed by atoms with Crippen molar-refractivity contribution in [3.8, 4) is 0 Å². The van der Waals surface area contributed by atoms with Gasteiger partial charge < -0.3 is 11.1 Å². The van der Waals surface area contributed by atoms with Gasteiger partial charge >= 0.3 is 0 Å². The van der Waals surface area contributed by atoms with Crippen LogP contribution >= 0.6 is 15.9 Å². The number of halogens is 1. The molecule has 5 nitrogen and oxygen atoms in total. The molecular weight excluding hydrogens is 308 g/mol. The average molecular weight is 323 g/mol. The number of amides is 1. The SMILES string of the molecule is Cc1nn(C)c(CNc2ccc(C(N)=O)cc2)c1Br. The average Bonchev–Trinajstić information content (AvgIpc) is 2.62. The molecule has 1 heterocycles. The maximum absolute atomic E-state index is 11.0. The summed E-state index contributed by atoms with van der Waals surface area (Å²) in [7, 11) is 1.91. The molecule has 0 aliphatic carbocycles. The number of rotatable bonds is 4. The molecule has 0 saturated heterocycles. The van der Waals surface area contributed by atoms with Gasteiger partial charge in [-0.3, -0.25) is 9.48 Å². The highest BCUT2D eigenvalue weighted by Gasteiger charge is 2.10. The summed E-state index contributed by atoms with van der Waals surface area (Å²) in [6, 6.07) is 7.07. The maximum atomic E-state index is 11.0. The Balaban J connectivity index is 2.08. The number of benzene rings is 1. The van der Waals surface area contributed by atoms with Gasteiger partial charge in [-0.15, -0.1) is 0 Å². The van der Waals surface area contributed by atoms with Crippen molar-refractivity contribution in [2.24, 2.45) is 12.8 Å². The third-order valence-electron chi connectivity index (χ3n) is 2.89. The molecule has 2 aromatic rings. The number of nitrogens with two attached hydrogens (primary N) is 1. The van der Waals surface area contributed by atoms with Crippen LogP contribution < -0.4 is 11.1 Å². The molecule has 3 N–H and O–H groups in total. The fourth-order valence-corrected chi connectivity index (χ4v) is 2.29. The molecule has 0 fully saturated rings. The summed E-state index contributed by atoms with van der Waals surface area (Å²) in [6.07, 6.45) is 0. The maximum Gasteiger partial charge on any atom is 0.248 e. The lowest BCUT2D eigenvalue weighted by Crippen LogP contribution is -2.11. The van der Waals surface area contributed by atoms with Crippen LogP contribution in [0.25, 0.3) is 0 Å². The molecule has 0 atom stereocenters. The topological polar surface area (TPSA) is 72.9 Å². The predicted octanol–water partition coefficient (Wildman–Crippen LogP) is 2.20. The Morgan fingerprint density at radius 2 is 2.05 bits per heavy atom. The highest BCUT2D eigenvalue weighted by Crippen LogP contribution is 2.21. The summed E-state index contributed by atoms with van der Waals surface area (Å²) in [4.78, 5) is 11.0. The van der Waals surface area contributed by atoms with Crippen LogP contribution in [0.1, 0.15) is 21.7 Å². The lowest BCUT2D eigenvalue weighted by Gasteiger charge is -2.07. The van der Waals surface area contributed by atoms with Crippen LogP contribution in [0.2, 0.25) is 0 Å². The Morgan fingerprint density at radius 3 is 2.53 bits per heavy atom. The van der Waals surface area contributed by atoms with Gasteiger partial charge in [-0.25, -0.2) is 0 Å². The first-order valence-electron chi connectivity index (χ1n) is 5.80. The summed E-state index contributed by atoms with van der Waals surface area (Å²) in [5.74, 6) is -0.420. The molecule has 1 amide bonds. The second-order valence-corrected chi connectivity index (χ2v) is 5.06. The van der Waals surface area contributed by atoms with Crippen molar-refractivity contribution in [2.75, 3.05) is 5.32 Å². The van der Waals surface area contributed by atoms with Crippen molar-refractivity contribution in [3.05, 3.63) is 45.7 Å². The summed E-state index contributed by atoms with van der Waals surface area (Å²) in [6.45, 7) is 2.60. The van der Waals surface area contributed by atoms with Gasteiger partial charge in [-0.1, -0.05) is 0 Å². The number of aromatic nitrogens is 2. The van der Waals surface area contributed by atoms with Crippen molar-refractivity contribution in [2.45, 2.75) is 13.5 Å². The van der Waals surface area contributed by atoms with E-state index < -0.39 is 5.91 Å². The number of hydrogen-bond acceptors (Lipinski definition) is 3. The smallest absolute Gasteiger partial charge is 0.248 e. The molecule has 6 heteroatoms. The normalized spacial score (nSPS) is 10.5. The second kappa shape index (κ2) is 5.44. The zero-order valence-corrected chi connectivity index (χ0v) is 12.4. The minimum atomic E-state index is -0.420. The van der Waals surface area contributed by atoms with E-state index in [1.807, 2.05) is 30.8 Å². The number of hydrogen-bond donors (Lipinski definition) is 2. The monoisotopic (exact) mass is 322 g/mol. The third kappa shape index (κ3) is 2.96. The molecule has 100 valence electrons. The summed E-state index contributed by atoms with van der Waals surface area (Å²) < 4.78 is 2.85. The van der Waals surface area contributed by atoms with Crippen LogP contribution in [0.4, 0.5) is 5.69 Å². The Morgan fingerprint density at radius 1 is 1.42 bits per heavy atom. The molecular formula is C13H15BrN4O. The number of nitrogens with zero attached hydrogens (tertiary/aromatic N) is 2. The van der Waals surface area contributed by atoms with Crippen molar-refractivity contribution >= 4 is 27.5 Å². The lowest BCUT2D eigenvalue weighted by atomic mass is 10.2. The molecule has 0 saturated carbocycles. The van der Waals surface area contributed by atoms with Crippen molar-refractivity contribution < 1.29 is 4.79 Å². The number of carbonyl (C=O) groups is 1. The van der Waals surface area contributed by atoms with Gasteiger partial charge in [0, 0.05) is 18.3 Å². The van der Waals surface area contributed by atoms with E-state index in [0.29, 0.717) is 12.1 Å². The quantitative estimate of drug-likeness (QED) is 0.906. The highest BCUT2D eigenvalue weighted by atomic mass is 79.9. The van der Waals surface area contributed by atoms with E-state index in [-0.39, 0.29) is 0 Å². The Bertz CT molecular complexity index is 604. The summed E-state index contributed by atoms with van der Waals surface area (Å²) in [5, 5.41) is 7.61. The van der Waals surface area contributed by atoms with E-state index in [4.69, 9.17) is 5.73 Å². The number of nitrogens with one attached hydrogen (secondary N) is 1. The van der Waals surface area contributed by atoms with Crippen LogP contribution in [-0.2, 0) is 13.6 Å². The van der Waals surface area contributed by atoms with E-state index in [0.717, 1.165) is 21.5 Å². The molecule has 1 aromatic carbocycles. The third-order valence-corrected chi connectivity index (χ3v) is 3.92. The number of primary amides is 1. The van der Waals surface area contributed by atoms with Crippen LogP contribution in [0, 0.1) is 6.92 Å². The van der Waals surface area contributed by atoms with Crippen LogP contribution in [0.15, 0.2) is 28.7 Å². The van der Waals surface area contributed by atoms with Crippen LogP contribution in [0.5, 0.6) is 0 Å². The van der Waals surface area contributed by atoms with E-state index in [9.17, 15) is 4.79 Å². The first-order valence-corrected chi connectivity index (χ1v) is 6.60. The van der Waals surface area contributed by atoms with Gasteiger partial charge in [-0.2, -0.15) is 5.10 Å². The zero-order chi connectivity index (χ0) is 14.0. The Hall–Kier alpha value is -1.82. The second-order valence-electron chi connectivity index (χ2n) is 4.26. The molecule has 0 aliphatic rings. The molecule has 2 rings (SSSR count). The molecule has 0 aliphatic heterocycles. The minimum absolute atomic E-state index is 0.420. The van der Waals surface area contributed by atoms with Crippen molar-refractivity contribution in [3.63, 3.8) is 0 Å². The highest BCUT2D eigenvalue weighted by molar-refractivity contribution is 9.10. The first-order chi connectivity index (χ1) is 8.99. The van der Waals surface area contributed by atoms with Crippen LogP contribution in [0.3, 0.4) is 0 Å². The van der Waals surface area contributed by atoms with Gasteiger partial charge in [0.05, 0.1) is 22.4 Å². The van der Waals surface area contributed by atoms with E-state index in [1.54, 1.807) is 12.1 Å². The molecule has 0 spiro atoms. The van der Waals surface area contributed by atoms with E-state index >= 15 is 0 Å². The van der Waals surface area contributed by atoms with Gasteiger partial charge in [0.15, 0.2) is 0 Å². The van der Waals surface area contributed by atoms with Crippen LogP contribution in [-0.4, -0.2) is 15.7 Å². The van der Waals surface area contributed by atoms with Gasteiger partial charge in [0.2, 0.25) is 5.91 Å². The molecule has 0 bridgehead atoms. The number of carbonyl (C=O) groups excluding carboxylic acids is 1. The van der Waals surface area contributed by atoms with Crippen molar-refractivity contribution in [1.29, 1.82) is 0 Å². The molecule has 1 aromatic heterocycles. The summed E-state index contributed by atoms with van der Waals surface area (Å²) >= 11 is 3.52. The molecule has 19 heavy (non-hydrogen) atoms. The number of anilines is 1. The van der Waals surface area contributed by atoms with Crippen molar-refractivity contribution in [1.82, 2.24) is 9.78 Å². The predicted molar refractivity (Wildman–Crippen MR) is 77.9 cm³/mol. The molecule has 0 radical (unpaired) electrons. The first kappa shape index (κ1) is 13.6. The van der Waals surface area contributed by atoms with Gasteiger partial charge in [0.25, 0.3) is 0 Å². The molecule has 0 unspecified atom stereocenters. The Labute approximate surface area is 119 Å². The lowest BCUT2D eigenvalue weighted by molar-refractivity contribution is 0.100. The Kier molecular flexibility index (Phi) is 3.90. The largest absolute Gasteiger partial charge is 0.379 e. The minimum Gasteiger partial charge on any atom is -0.379 e.